The smallest absolute Gasteiger partial charge is 0.189 e. The molecule has 0 saturated carbocycles. The van der Waals surface area contributed by atoms with Gasteiger partial charge in [0.05, 0.1) is 16.1 Å². The molecule has 4 heteroatoms. The molecule has 1 heterocycles. The third-order valence-electron chi connectivity index (χ3n) is 4.92. The van der Waals surface area contributed by atoms with Crippen molar-refractivity contribution in [3.63, 3.8) is 0 Å². The van der Waals surface area contributed by atoms with Gasteiger partial charge in [0.1, 0.15) is 0 Å². The zero-order valence-electron chi connectivity index (χ0n) is 16.7. The van der Waals surface area contributed by atoms with Gasteiger partial charge in [-0.15, -0.1) is 0 Å². The largest absolute Gasteiger partial charge is 0.289 e. The number of carbonyl (C=O) groups is 1. The summed E-state index contributed by atoms with van der Waals surface area (Å²) in [6.45, 7) is 14.7. The Morgan fingerprint density at radius 1 is 0.692 bits per heavy atom. The Kier molecular flexibility index (Phi) is 5.27. The first-order valence-corrected chi connectivity index (χ1v) is 17.9. The molecule has 0 saturated heterocycles. The summed E-state index contributed by atoms with van der Waals surface area (Å²) in [7, 11) is -3.67. The molecule has 0 spiro atoms. The molecule has 0 fully saturated rings. The third-order valence-corrected chi connectivity index (χ3v) is 21.7. The lowest BCUT2D eigenvalue weighted by Gasteiger charge is -2.48. The van der Waals surface area contributed by atoms with Crippen molar-refractivity contribution in [3.8, 4) is 0 Å². The van der Waals surface area contributed by atoms with Gasteiger partial charge in [0.15, 0.2) is 5.52 Å². The van der Waals surface area contributed by atoms with E-state index in [4.69, 9.17) is 0 Å². The molecule has 1 aliphatic heterocycles. The molecule has 3 rings (SSSR count). The third kappa shape index (κ3) is 3.58. The fourth-order valence-corrected chi connectivity index (χ4v) is 24.4. The number of benzene rings is 2. The lowest BCUT2D eigenvalue weighted by molar-refractivity contribution is -0.107. The van der Waals surface area contributed by atoms with E-state index >= 15 is 0 Å². The van der Waals surface area contributed by atoms with Crippen LogP contribution < -0.4 is 0 Å². The molecule has 0 bridgehead atoms. The fraction of sp³-hybridized carbons (Fsp3) is 0.318. The molecule has 1 aliphatic rings. The summed E-state index contributed by atoms with van der Waals surface area (Å²) in [4.78, 5) is 14.1. The Labute approximate surface area is 161 Å². The van der Waals surface area contributed by atoms with Crippen LogP contribution in [0.1, 0.15) is 11.1 Å². The highest BCUT2D eigenvalue weighted by molar-refractivity contribution is 7.93. The minimum atomic E-state index is -1.47. The quantitative estimate of drug-likeness (QED) is 0.406. The van der Waals surface area contributed by atoms with Gasteiger partial charge >= 0.3 is 0 Å². The first-order chi connectivity index (χ1) is 12.1. The fourth-order valence-electron chi connectivity index (χ4n) is 4.46. The van der Waals surface area contributed by atoms with E-state index in [1.807, 2.05) is 18.2 Å². The minimum Gasteiger partial charge on any atom is -0.289 e. The lowest BCUT2D eigenvalue weighted by atomic mass is 10.0. The summed E-state index contributed by atoms with van der Waals surface area (Å²) in [6, 6.07) is 20.9. The second-order valence-electron chi connectivity index (χ2n) is 9.27. The summed E-state index contributed by atoms with van der Waals surface area (Å²) < 4.78 is 0. The minimum absolute atomic E-state index is 0.430. The average Bonchev–Trinajstić information content (AvgIpc) is 2.56. The van der Waals surface area contributed by atoms with Gasteiger partial charge in [-0.3, -0.25) is 4.79 Å². The zero-order valence-corrected chi connectivity index (χ0v) is 19.6. The highest BCUT2D eigenvalue weighted by atomic mass is 31.1. The van der Waals surface area contributed by atoms with Crippen LogP contribution >= 0.6 is 7.92 Å². The van der Waals surface area contributed by atoms with Crippen LogP contribution in [0.15, 0.2) is 60.7 Å². The lowest BCUT2D eigenvalue weighted by Crippen LogP contribution is -2.54. The van der Waals surface area contributed by atoms with Crippen molar-refractivity contribution in [2.24, 2.45) is 0 Å². The van der Waals surface area contributed by atoms with Gasteiger partial charge in [-0.25, -0.2) is 0 Å². The van der Waals surface area contributed by atoms with Crippen molar-refractivity contribution in [2.45, 2.75) is 44.2 Å². The van der Waals surface area contributed by atoms with Crippen LogP contribution in [-0.4, -0.2) is 26.6 Å². The van der Waals surface area contributed by atoms with E-state index in [0.717, 1.165) is 11.1 Å². The Hall–Kier alpha value is -1.29. The summed E-state index contributed by atoms with van der Waals surface area (Å²) in [5.74, 6) is 0. The van der Waals surface area contributed by atoms with Crippen molar-refractivity contribution in [2.75, 3.05) is 0 Å². The average molecular weight is 397 g/mol. The Bertz CT molecular complexity index is 816. The molecule has 0 aromatic heterocycles. The van der Waals surface area contributed by atoms with E-state index in [0.29, 0.717) is 10.4 Å². The number of hydrogen-bond acceptors (Lipinski definition) is 1. The molecule has 0 N–H and O–H groups in total. The standard InChI is InChI=1S/C22H29OPSi2/c1-25(2,3)22(26(4,5)6)24-20(18-15-11-8-12-16-18)19(21(24)23)17-13-9-7-10-14-17/h7-16,22H,1-6H3. The molecule has 1 nitrogen and oxygen atoms in total. The van der Waals surface area contributed by atoms with Crippen molar-refractivity contribution < 1.29 is 4.79 Å². The summed E-state index contributed by atoms with van der Waals surface area (Å²) in [5.41, 5.74) is 3.74. The van der Waals surface area contributed by atoms with E-state index < -0.39 is 24.1 Å². The zero-order chi connectivity index (χ0) is 19.1. The SMILES string of the molecule is C[Si](C)(C)C(P1C(=O)C(c2ccccc2)=C1c1ccccc1)[Si](C)(C)C. The van der Waals surface area contributed by atoms with Crippen LogP contribution in [0.2, 0.25) is 39.3 Å². The Morgan fingerprint density at radius 3 is 1.54 bits per heavy atom. The highest BCUT2D eigenvalue weighted by Gasteiger charge is 2.52. The van der Waals surface area contributed by atoms with E-state index in [-0.39, 0.29) is 0 Å². The van der Waals surface area contributed by atoms with Gasteiger partial charge in [0.25, 0.3) is 0 Å². The number of allylic oxidation sites excluding steroid dienone is 1. The predicted molar refractivity (Wildman–Crippen MR) is 122 cm³/mol. The monoisotopic (exact) mass is 396 g/mol. The maximum absolute atomic E-state index is 13.5. The van der Waals surface area contributed by atoms with Crippen molar-refractivity contribution in [1.29, 1.82) is 0 Å². The molecule has 2 aromatic carbocycles. The van der Waals surface area contributed by atoms with Gasteiger partial charge in [-0.2, -0.15) is 0 Å². The van der Waals surface area contributed by atoms with Crippen LogP contribution in [0.5, 0.6) is 0 Å². The molecule has 1 atom stereocenters. The maximum Gasteiger partial charge on any atom is 0.189 e. The van der Waals surface area contributed by atoms with Gasteiger partial charge in [-0.1, -0.05) is 99.9 Å². The molecule has 0 aliphatic carbocycles. The van der Waals surface area contributed by atoms with Gasteiger partial charge in [0, 0.05) is 10.9 Å². The first-order valence-electron chi connectivity index (χ1n) is 9.31. The Morgan fingerprint density at radius 2 is 1.12 bits per heavy atom. The van der Waals surface area contributed by atoms with Gasteiger partial charge in [0.2, 0.25) is 0 Å². The highest BCUT2D eigenvalue weighted by Crippen LogP contribution is 2.70. The van der Waals surface area contributed by atoms with Crippen LogP contribution in [0.25, 0.3) is 10.9 Å². The summed E-state index contributed by atoms with van der Waals surface area (Å²) in [6.07, 6.45) is 0. The summed E-state index contributed by atoms with van der Waals surface area (Å²) >= 11 is 0. The molecular formula is C22H29OPSi2. The van der Waals surface area contributed by atoms with Crippen LogP contribution in [0.4, 0.5) is 0 Å². The first kappa shape index (κ1) is 19.5. The molecule has 26 heavy (non-hydrogen) atoms. The van der Waals surface area contributed by atoms with E-state index in [1.165, 1.54) is 10.9 Å². The molecule has 0 radical (unpaired) electrons. The number of rotatable bonds is 5. The van der Waals surface area contributed by atoms with Gasteiger partial charge in [-0.05, 0) is 24.0 Å². The predicted octanol–water partition coefficient (Wildman–Crippen LogP) is 6.70. The molecule has 2 aromatic rings. The van der Waals surface area contributed by atoms with Crippen molar-refractivity contribution in [1.82, 2.24) is 0 Å². The summed E-state index contributed by atoms with van der Waals surface area (Å²) in [5, 5.41) is 1.35. The van der Waals surface area contributed by atoms with Crippen molar-refractivity contribution >= 4 is 40.5 Å². The van der Waals surface area contributed by atoms with Crippen molar-refractivity contribution in [3.05, 3.63) is 71.8 Å². The molecule has 0 amide bonds. The number of hydrogen-bond donors (Lipinski definition) is 0. The second kappa shape index (κ2) is 7.03. The number of carbonyl (C=O) groups excluding carboxylic acids is 1. The normalized spacial score (nSPS) is 18.3. The van der Waals surface area contributed by atoms with Gasteiger partial charge < -0.3 is 0 Å². The topological polar surface area (TPSA) is 17.1 Å². The second-order valence-corrected chi connectivity index (χ2v) is 23.5. The molecular weight excluding hydrogens is 367 g/mol. The van der Waals surface area contributed by atoms with Crippen LogP contribution in [0, 0.1) is 0 Å². The van der Waals surface area contributed by atoms with Crippen LogP contribution in [0.3, 0.4) is 0 Å². The molecule has 136 valence electrons. The van der Waals surface area contributed by atoms with Crippen LogP contribution in [-0.2, 0) is 4.79 Å². The molecule has 1 unspecified atom stereocenters. The maximum atomic E-state index is 13.5. The van der Waals surface area contributed by atoms with E-state index in [1.54, 1.807) is 0 Å². The Balaban J connectivity index is 2.21. The van der Waals surface area contributed by atoms with E-state index in [9.17, 15) is 4.79 Å². The van der Waals surface area contributed by atoms with E-state index in [2.05, 4.69) is 81.7 Å².